The van der Waals surface area contributed by atoms with E-state index in [4.69, 9.17) is 11.6 Å². The van der Waals surface area contributed by atoms with E-state index < -0.39 is 25.9 Å². The number of benzene rings is 2. The number of halogens is 2. The van der Waals surface area contributed by atoms with E-state index in [1.54, 1.807) is 13.8 Å². The fourth-order valence-electron chi connectivity index (χ4n) is 2.14. The largest absolute Gasteiger partial charge is 0.279 e. The average molecular weight is 421 g/mol. The number of sulfonamides is 2. The number of hydrogen-bond acceptors (Lipinski definition) is 4. The molecule has 0 atom stereocenters. The fraction of sp³-hybridized carbons (Fsp3) is 0.250. The van der Waals surface area contributed by atoms with Crippen molar-refractivity contribution in [2.24, 2.45) is 0 Å². The standard InChI is InChI=1S/C16H18ClFN2O4S2/c1-10-7-13(26(23,24)20(3)4)9-16(11(10)2)19-25(21,22)12-5-6-15(18)14(17)8-12/h5-9,19H,1-4H3. The van der Waals surface area contributed by atoms with Crippen molar-refractivity contribution in [1.82, 2.24) is 4.31 Å². The molecule has 0 aliphatic carbocycles. The zero-order chi connectivity index (χ0) is 19.9. The summed E-state index contributed by atoms with van der Waals surface area (Å²) in [6.07, 6.45) is 0. The summed E-state index contributed by atoms with van der Waals surface area (Å²) in [4.78, 5) is -0.276. The molecule has 1 N–H and O–H groups in total. The molecule has 0 aromatic heterocycles. The Morgan fingerprint density at radius 1 is 1.00 bits per heavy atom. The van der Waals surface area contributed by atoms with Crippen LogP contribution in [0.25, 0.3) is 0 Å². The molecular formula is C16H18ClFN2O4S2. The zero-order valence-corrected chi connectivity index (χ0v) is 16.9. The van der Waals surface area contributed by atoms with Crippen molar-refractivity contribution in [1.29, 1.82) is 0 Å². The van der Waals surface area contributed by atoms with E-state index in [1.807, 2.05) is 0 Å². The monoisotopic (exact) mass is 420 g/mol. The first-order chi connectivity index (χ1) is 11.9. The normalized spacial score (nSPS) is 12.4. The predicted octanol–water partition coefficient (Wildman–Crippen LogP) is 3.15. The van der Waals surface area contributed by atoms with Crippen LogP contribution >= 0.6 is 11.6 Å². The van der Waals surface area contributed by atoms with Crippen LogP contribution < -0.4 is 4.72 Å². The Morgan fingerprint density at radius 3 is 2.15 bits per heavy atom. The van der Waals surface area contributed by atoms with Crippen molar-refractivity contribution in [2.75, 3.05) is 18.8 Å². The second kappa shape index (κ2) is 7.15. The zero-order valence-electron chi connectivity index (χ0n) is 14.5. The number of hydrogen-bond donors (Lipinski definition) is 1. The molecule has 6 nitrogen and oxygen atoms in total. The number of nitrogens with one attached hydrogen (secondary N) is 1. The summed E-state index contributed by atoms with van der Waals surface area (Å²) >= 11 is 5.65. The van der Waals surface area contributed by atoms with Gasteiger partial charge in [-0.05, 0) is 55.3 Å². The molecule has 0 heterocycles. The van der Waals surface area contributed by atoms with Crippen molar-refractivity contribution in [3.8, 4) is 0 Å². The van der Waals surface area contributed by atoms with Gasteiger partial charge in [0.15, 0.2) is 0 Å². The molecule has 10 heteroatoms. The molecular weight excluding hydrogens is 403 g/mol. The smallest absolute Gasteiger partial charge is 0.261 e. The minimum absolute atomic E-state index is 0.0413. The molecule has 0 aliphatic heterocycles. The minimum atomic E-state index is -4.08. The van der Waals surface area contributed by atoms with Crippen LogP contribution in [0.4, 0.5) is 10.1 Å². The van der Waals surface area contributed by atoms with Crippen LogP contribution in [0.1, 0.15) is 11.1 Å². The summed E-state index contributed by atoms with van der Waals surface area (Å²) in [6, 6.07) is 5.73. The molecule has 0 spiro atoms. The van der Waals surface area contributed by atoms with Gasteiger partial charge in [-0.1, -0.05) is 11.6 Å². The maximum Gasteiger partial charge on any atom is 0.261 e. The average Bonchev–Trinajstić information content (AvgIpc) is 2.53. The van der Waals surface area contributed by atoms with Gasteiger partial charge in [0.05, 0.1) is 20.5 Å². The molecule has 142 valence electrons. The summed E-state index contributed by atoms with van der Waals surface area (Å²) in [5.74, 6) is -0.739. The van der Waals surface area contributed by atoms with Gasteiger partial charge in [-0.25, -0.2) is 25.5 Å². The Hall–Kier alpha value is -1.68. The van der Waals surface area contributed by atoms with Gasteiger partial charge in [0.25, 0.3) is 10.0 Å². The van der Waals surface area contributed by atoms with Crippen LogP contribution in [-0.2, 0) is 20.0 Å². The van der Waals surface area contributed by atoms with Crippen LogP contribution in [0, 0.1) is 19.7 Å². The SMILES string of the molecule is Cc1cc(S(=O)(=O)N(C)C)cc(NS(=O)(=O)c2ccc(F)c(Cl)c2)c1C. The van der Waals surface area contributed by atoms with Crippen molar-refractivity contribution in [3.63, 3.8) is 0 Å². The van der Waals surface area contributed by atoms with E-state index in [1.165, 1.54) is 26.2 Å². The highest BCUT2D eigenvalue weighted by Gasteiger charge is 2.22. The molecule has 0 radical (unpaired) electrons. The highest BCUT2D eigenvalue weighted by Crippen LogP contribution is 2.28. The lowest BCUT2D eigenvalue weighted by Crippen LogP contribution is -2.23. The Balaban J connectivity index is 2.55. The summed E-state index contributed by atoms with van der Waals surface area (Å²) in [7, 11) is -5.06. The quantitative estimate of drug-likeness (QED) is 0.805. The van der Waals surface area contributed by atoms with Gasteiger partial charge in [-0.15, -0.1) is 0 Å². The van der Waals surface area contributed by atoms with Crippen LogP contribution in [0.5, 0.6) is 0 Å². The van der Waals surface area contributed by atoms with E-state index in [2.05, 4.69) is 4.72 Å². The molecule has 2 aromatic rings. The van der Waals surface area contributed by atoms with Crippen molar-refractivity contribution in [3.05, 3.63) is 52.3 Å². The molecule has 2 rings (SSSR count). The molecule has 2 aromatic carbocycles. The molecule has 26 heavy (non-hydrogen) atoms. The van der Waals surface area contributed by atoms with Crippen molar-refractivity contribution in [2.45, 2.75) is 23.6 Å². The van der Waals surface area contributed by atoms with Gasteiger partial charge < -0.3 is 0 Å². The summed E-state index contributed by atoms with van der Waals surface area (Å²) < 4.78 is 66.5. The molecule has 0 fully saturated rings. The van der Waals surface area contributed by atoms with Gasteiger partial charge in [-0.2, -0.15) is 0 Å². The molecule has 0 saturated carbocycles. The van der Waals surface area contributed by atoms with Gasteiger partial charge in [0.1, 0.15) is 5.82 Å². The predicted molar refractivity (Wildman–Crippen MR) is 99.0 cm³/mol. The Morgan fingerprint density at radius 2 is 1.62 bits per heavy atom. The van der Waals surface area contributed by atoms with Crippen LogP contribution in [0.15, 0.2) is 40.1 Å². The van der Waals surface area contributed by atoms with Gasteiger partial charge in [0, 0.05) is 14.1 Å². The van der Waals surface area contributed by atoms with Crippen LogP contribution in [0.3, 0.4) is 0 Å². The van der Waals surface area contributed by atoms with E-state index >= 15 is 0 Å². The van der Waals surface area contributed by atoms with Crippen molar-refractivity contribution < 1.29 is 21.2 Å². The molecule has 0 amide bonds. The Bertz CT molecular complexity index is 1070. The van der Waals surface area contributed by atoms with E-state index in [0.29, 0.717) is 11.1 Å². The third-order valence-electron chi connectivity index (χ3n) is 3.87. The highest BCUT2D eigenvalue weighted by atomic mass is 35.5. The van der Waals surface area contributed by atoms with Crippen LogP contribution in [0.2, 0.25) is 5.02 Å². The topological polar surface area (TPSA) is 83.6 Å². The number of nitrogens with zero attached hydrogens (tertiary/aromatic N) is 1. The first-order valence-corrected chi connectivity index (χ1v) is 10.7. The Kier molecular flexibility index (Phi) is 5.67. The van der Waals surface area contributed by atoms with Crippen LogP contribution in [-0.4, -0.2) is 35.2 Å². The minimum Gasteiger partial charge on any atom is -0.279 e. The summed E-state index contributed by atoms with van der Waals surface area (Å²) in [5, 5.41) is -0.329. The van der Waals surface area contributed by atoms with E-state index in [-0.39, 0.29) is 20.5 Å². The molecule has 0 unspecified atom stereocenters. The molecule has 0 bridgehead atoms. The lowest BCUT2D eigenvalue weighted by Gasteiger charge is -2.17. The van der Waals surface area contributed by atoms with Gasteiger partial charge >= 0.3 is 0 Å². The van der Waals surface area contributed by atoms with Crippen molar-refractivity contribution >= 4 is 37.3 Å². The number of aryl methyl sites for hydroxylation is 1. The van der Waals surface area contributed by atoms with Gasteiger partial charge in [-0.3, -0.25) is 4.72 Å². The maximum absolute atomic E-state index is 13.3. The fourth-order valence-corrected chi connectivity index (χ4v) is 4.54. The third-order valence-corrected chi connectivity index (χ3v) is 7.31. The molecule has 0 saturated heterocycles. The third kappa shape index (κ3) is 4.01. The summed E-state index contributed by atoms with van der Waals surface area (Å²) in [6.45, 7) is 3.34. The second-order valence-corrected chi connectivity index (χ2v) is 10.1. The summed E-state index contributed by atoms with van der Waals surface area (Å²) in [5.41, 5.74) is 1.29. The maximum atomic E-state index is 13.3. The lowest BCUT2D eigenvalue weighted by molar-refractivity contribution is 0.520. The Labute approximate surface area is 157 Å². The van der Waals surface area contributed by atoms with E-state index in [9.17, 15) is 21.2 Å². The van der Waals surface area contributed by atoms with E-state index in [0.717, 1.165) is 22.5 Å². The van der Waals surface area contributed by atoms with Gasteiger partial charge in [0.2, 0.25) is 10.0 Å². The first-order valence-electron chi connectivity index (χ1n) is 7.38. The highest BCUT2D eigenvalue weighted by molar-refractivity contribution is 7.92. The first kappa shape index (κ1) is 20.6. The number of anilines is 1. The lowest BCUT2D eigenvalue weighted by atomic mass is 10.1. The molecule has 0 aliphatic rings. The number of rotatable bonds is 5. The second-order valence-electron chi connectivity index (χ2n) is 5.88.